The summed E-state index contributed by atoms with van der Waals surface area (Å²) in [6, 6.07) is 63.9. The Morgan fingerprint density at radius 1 is 0.397 bits per heavy atom. The first-order valence-electron chi connectivity index (χ1n) is 25.2. The van der Waals surface area contributed by atoms with Gasteiger partial charge in [0.2, 0.25) is 0 Å². The smallest absolute Gasteiger partial charge is 0.119 e. The molecular weight excluding hydrogens is 933 g/mol. The lowest BCUT2D eigenvalue weighted by Gasteiger charge is -2.32. The van der Waals surface area contributed by atoms with Crippen LogP contribution in [0.2, 0.25) is 0 Å². The van der Waals surface area contributed by atoms with Crippen molar-refractivity contribution in [1.82, 2.24) is 9.13 Å². The maximum absolute atomic E-state index is 5.71. The number of methoxy groups -OCH3 is 2. The largest absolute Gasteiger partial charge is 0.497 e. The average molecular weight is 985 g/mol. The minimum atomic E-state index is -0.551. The fraction of sp³-hybridized carbons (Fsp3) is 0.138. The van der Waals surface area contributed by atoms with Crippen molar-refractivity contribution in [3.05, 3.63) is 214 Å². The molecule has 14 rings (SSSR count). The zero-order valence-corrected chi connectivity index (χ0v) is 43.3. The molecule has 4 aromatic heterocycles. The molecule has 4 heterocycles. The number of nitrogens with zero attached hydrogens (tertiary/aromatic N) is 4. The van der Waals surface area contributed by atoms with E-state index in [0.717, 1.165) is 58.7 Å². The second-order valence-corrected chi connectivity index (χ2v) is 21.4. The number of ether oxygens (including phenoxy) is 2. The lowest BCUT2D eigenvalue weighted by Crippen LogP contribution is -2.26. The van der Waals surface area contributed by atoms with Gasteiger partial charge in [-0.05, 0) is 217 Å². The van der Waals surface area contributed by atoms with Gasteiger partial charge in [-0.25, -0.2) is 0 Å². The fourth-order valence-electron chi connectivity index (χ4n) is 12.6. The molecule has 0 aliphatic heterocycles. The molecule has 12 aromatic rings. The maximum Gasteiger partial charge on any atom is 0.119 e. The van der Waals surface area contributed by atoms with E-state index in [1.54, 1.807) is 14.2 Å². The Hall–Kier alpha value is -8.04. The van der Waals surface area contributed by atoms with E-state index < -0.39 is 5.41 Å². The minimum Gasteiger partial charge on any atom is -0.497 e. The van der Waals surface area contributed by atoms with E-state index in [-0.39, 0.29) is 0 Å². The number of rotatable bonds is 10. The molecule has 2 aliphatic carbocycles. The van der Waals surface area contributed by atoms with E-state index in [2.05, 4.69) is 227 Å². The molecule has 73 heavy (non-hydrogen) atoms. The first kappa shape index (κ1) is 43.7. The SMILES string of the molecule is CCn1c2ccc(C)cc2c2cc(N(c3ccc(OC)cc3)c3ccc4c(c3)C3(c5cc(N(c6ccc(OC)cc6)c6ccc7c(c6)c6cc(C)ccc6n7CC)ccc5-4)c4ccsc4-c4sccc43)ccc21. The van der Waals surface area contributed by atoms with E-state index in [4.69, 9.17) is 9.47 Å². The van der Waals surface area contributed by atoms with Crippen molar-refractivity contribution < 1.29 is 9.47 Å². The Morgan fingerprint density at radius 3 is 1.15 bits per heavy atom. The molecule has 0 saturated heterocycles. The maximum atomic E-state index is 5.71. The van der Waals surface area contributed by atoms with Crippen LogP contribution in [0.25, 0.3) is 64.5 Å². The summed E-state index contributed by atoms with van der Waals surface area (Å²) in [7, 11) is 3.46. The van der Waals surface area contributed by atoms with Gasteiger partial charge in [0.25, 0.3) is 0 Å². The topological polar surface area (TPSA) is 34.8 Å². The number of aromatic nitrogens is 2. The molecule has 0 bridgehead atoms. The zero-order valence-electron chi connectivity index (χ0n) is 41.7. The Bertz CT molecular complexity index is 3920. The highest BCUT2D eigenvalue weighted by Crippen LogP contribution is 2.66. The van der Waals surface area contributed by atoms with Gasteiger partial charge in [-0.1, -0.05) is 35.4 Å². The molecule has 0 atom stereocenters. The highest BCUT2D eigenvalue weighted by Gasteiger charge is 2.53. The molecule has 1 spiro atoms. The van der Waals surface area contributed by atoms with Gasteiger partial charge in [0, 0.05) is 101 Å². The summed E-state index contributed by atoms with van der Waals surface area (Å²) in [5.74, 6) is 1.65. The first-order chi connectivity index (χ1) is 35.8. The van der Waals surface area contributed by atoms with Crippen LogP contribution in [-0.4, -0.2) is 23.4 Å². The number of thiophene rings is 2. The van der Waals surface area contributed by atoms with E-state index >= 15 is 0 Å². The zero-order chi connectivity index (χ0) is 49.3. The summed E-state index contributed by atoms with van der Waals surface area (Å²) < 4.78 is 16.3. The van der Waals surface area contributed by atoms with Crippen molar-refractivity contribution in [2.24, 2.45) is 0 Å². The summed E-state index contributed by atoms with van der Waals surface area (Å²) in [5.41, 5.74) is 21.3. The van der Waals surface area contributed by atoms with Crippen molar-refractivity contribution in [2.75, 3.05) is 24.0 Å². The molecule has 8 heteroatoms. The van der Waals surface area contributed by atoms with E-state index in [0.29, 0.717) is 0 Å². The van der Waals surface area contributed by atoms with E-state index in [1.807, 2.05) is 22.7 Å². The number of anilines is 6. The molecule has 8 aromatic carbocycles. The van der Waals surface area contributed by atoms with Crippen LogP contribution in [0.3, 0.4) is 0 Å². The molecule has 6 nitrogen and oxygen atoms in total. The van der Waals surface area contributed by atoms with Crippen LogP contribution in [0.15, 0.2) is 181 Å². The van der Waals surface area contributed by atoms with Crippen molar-refractivity contribution in [2.45, 2.75) is 46.2 Å². The summed E-state index contributed by atoms with van der Waals surface area (Å²) in [4.78, 5) is 7.59. The van der Waals surface area contributed by atoms with Gasteiger partial charge in [-0.2, -0.15) is 0 Å². The molecule has 2 aliphatic rings. The van der Waals surface area contributed by atoms with Crippen LogP contribution in [-0.2, 0) is 18.5 Å². The molecule has 0 fully saturated rings. The lowest BCUT2D eigenvalue weighted by atomic mass is 9.71. The third kappa shape index (κ3) is 6.27. The van der Waals surface area contributed by atoms with Gasteiger partial charge < -0.3 is 28.4 Å². The summed E-state index contributed by atoms with van der Waals surface area (Å²) >= 11 is 3.72. The van der Waals surface area contributed by atoms with E-state index in [1.165, 1.54) is 97.9 Å². The Kier molecular flexibility index (Phi) is 9.88. The molecule has 0 amide bonds. The van der Waals surface area contributed by atoms with Gasteiger partial charge in [0.05, 0.1) is 19.6 Å². The van der Waals surface area contributed by atoms with Crippen molar-refractivity contribution in [3.63, 3.8) is 0 Å². The van der Waals surface area contributed by atoms with Crippen LogP contribution in [0.1, 0.15) is 47.2 Å². The molecule has 0 unspecified atom stereocenters. The van der Waals surface area contributed by atoms with Crippen molar-refractivity contribution in [1.29, 1.82) is 0 Å². The summed E-state index contributed by atoms with van der Waals surface area (Å²) in [6.07, 6.45) is 0. The Labute approximate surface area is 433 Å². The number of hydrogen-bond acceptors (Lipinski definition) is 6. The van der Waals surface area contributed by atoms with Gasteiger partial charge in [0.15, 0.2) is 0 Å². The quantitative estimate of drug-likeness (QED) is 0.137. The third-order valence-electron chi connectivity index (χ3n) is 15.8. The van der Waals surface area contributed by atoms with Crippen LogP contribution < -0.4 is 19.3 Å². The molecule has 0 saturated carbocycles. The van der Waals surface area contributed by atoms with Crippen LogP contribution in [0.4, 0.5) is 34.1 Å². The van der Waals surface area contributed by atoms with Gasteiger partial charge in [-0.15, -0.1) is 22.7 Å². The predicted molar refractivity (Wildman–Crippen MR) is 308 cm³/mol. The van der Waals surface area contributed by atoms with Crippen molar-refractivity contribution in [3.8, 4) is 32.4 Å². The molecular formula is C65H52N4O2S2. The number of benzene rings is 8. The van der Waals surface area contributed by atoms with Crippen LogP contribution in [0, 0.1) is 13.8 Å². The minimum absolute atomic E-state index is 0.551. The lowest BCUT2D eigenvalue weighted by molar-refractivity contribution is 0.414. The Balaban J connectivity index is 0.992. The average Bonchev–Trinajstić information content (AvgIpc) is 4.30. The number of hydrogen-bond donors (Lipinski definition) is 0. The highest BCUT2D eigenvalue weighted by atomic mass is 32.1. The predicted octanol–water partition coefficient (Wildman–Crippen LogP) is 18.0. The Morgan fingerprint density at radius 2 is 0.753 bits per heavy atom. The molecule has 356 valence electrons. The number of fused-ring (bicyclic) bond motifs is 16. The molecule has 0 radical (unpaired) electrons. The highest BCUT2D eigenvalue weighted by molar-refractivity contribution is 7.21. The van der Waals surface area contributed by atoms with Crippen LogP contribution >= 0.6 is 22.7 Å². The van der Waals surface area contributed by atoms with Gasteiger partial charge >= 0.3 is 0 Å². The standard InChI is InChI=1S/C65H52N4O2S2/c1-7-66-59-25-9-39(3)33-51(59)53-35-43(17-27-61(53)66)68(41-11-19-47(70-5)20-12-41)45-15-23-49-50-24-16-46(38-58(50)65(57(49)37-45)55-29-31-72-63(55)64-56(65)30-32-73-64)69(42-13-21-48(71-6)22-14-42)44-18-28-62-54(36-44)52-34-40(4)10-26-60(52)67(62)8-2/h9-38H,7-8H2,1-6H3. The second-order valence-electron chi connectivity index (χ2n) is 19.5. The van der Waals surface area contributed by atoms with Gasteiger partial charge in [-0.3, -0.25) is 0 Å². The third-order valence-corrected chi connectivity index (χ3v) is 17.8. The monoisotopic (exact) mass is 984 g/mol. The normalized spacial score (nSPS) is 13.0. The second kappa shape index (κ2) is 16.5. The van der Waals surface area contributed by atoms with E-state index in [9.17, 15) is 0 Å². The first-order valence-corrected chi connectivity index (χ1v) is 27.0. The number of aryl methyl sites for hydroxylation is 4. The van der Waals surface area contributed by atoms with Crippen LogP contribution in [0.5, 0.6) is 11.5 Å². The van der Waals surface area contributed by atoms with Crippen molar-refractivity contribution >= 4 is 100 Å². The summed E-state index contributed by atoms with van der Waals surface area (Å²) in [5, 5.41) is 9.65. The molecule has 0 N–H and O–H groups in total. The van der Waals surface area contributed by atoms with Gasteiger partial charge in [0.1, 0.15) is 11.5 Å². The fourth-order valence-corrected chi connectivity index (χ4v) is 14.7. The summed E-state index contributed by atoms with van der Waals surface area (Å²) in [6.45, 7) is 10.6.